The summed E-state index contributed by atoms with van der Waals surface area (Å²) < 4.78 is 2.17. The number of para-hydroxylation sites is 2. The first kappa shape index (κ1) is 12.5. The number of nitrogens with zero attached hydrogens (tertiary/aromatic N) is 3. The summed E-state index contributed by atoms with van der Waals surface area (Å²) in [4.78, 5) is 7.15. The van der Waals surface area contributed by atoms with E-state index in [4.69, 9.17) is 4.98 Å². The summed E-state index contributed by atoms with van der Waals surface area (Å²) in [6, 6.07) is 8.67. The molecule has 1 N–H and O–H groups in total. The number of fused-ring (bicyclic) bond motifs is 1. The van der Waals surface area contributed by atoms with Gasteiger partial charge in [-0.05, 0) is 37.8 Å². The van der Waals surface area contributed by atoms with Gasteiger partial charge in [-0.15, -0.1) is 0 Å². The largest absolute Gasteiger partial charge is 0.396 e. The van der Waals surface area contributed by atoms with Gasteiger partial charge in [0.1, 0.15) is 0 Å². The van der Waals surface area contributed by atoms with Crippen molar-refractivity contribution >= 4 is 17.0 Å². The molecule has 1 saturated heterocycles. The van der Waals surface area contributed by atoms with Gasteiger partial charge in [-0.1, -0.05) is 12.1 Å². The number of imidazole rings is 1. The topological polar surface area (TPSA) is 41.3 Å². The molecule has 0 aliphatic carbocycles. The predicted molar refractivity (Wildman–Crippen MR) is 77.4 cm³/mol. The number of rotatable bonds is 3. The molecule has 1 unspecified atom stereocenters. The van der Waals surface area contributed by atoms with Crippen LogP contribution in [0, 0.1) is 0 Å². The predicted octanol–water partition coefficient (Wildman–Crippen LogP) is 2.31. The van der Waals surface area contributed by atoms with Gasteiger partial charge in [0.15, 0.2) is 0 Å². The molecular weight excluding hydrogens is 238 g/mol. The van der Waals surface area contributed by atoms with Crippen molar-refractivity contribution < 1.29 is 5.11 Å². The van der Waals surface area contributed by atoms with Crippen LogP contribution in [-0.2, 0) is 7.05 Å². The van der Waals surface area contributed by atoms with E-state index in [0.29, 0.717) is 6.04 Å². The Morgan fingerprint density at radius 3 is 2.95 bits per heavy atom. The van der Waals surface area contributed by atoms with Crippen molar-refractivity contribution in [1.82, 2.24) is 9.55 Å². The molecule has 1 aliphatic rings. The zero-order chi connectivity index (χ0) is 13.2. The molecule has 0 bridgehead atoms. The third-order valence-electron chi connectivity index (χ3n) is 4.11. The Labute approximate surface area is 113 Å². The molecule has 2 heterocycles. The van der Waals surface area contributed by atoms with Crippen LogP contribution in [0.2, 0.25) is 0 Å². The van der Waals surface area contributed by atoms with Crippen LogP contribution in [0.1, 0.15) is 25.7 Å². The highest BCUT2D eigenvalue weighted by molar-refractivity contribution is 5.78. The van der Waals surface area contributed by atoms with E-state index in [-0.39, 0.29) is 6.61 Å². The fourth-order valence-electron chi connectivity index (χ4n) is 3.10. The summed E-state index contributed by atoms with van der Waals surface area (Å²) in [7, 11) is 2.08. The second-order valence-electron chi connectivity index (χ2n) is 5.31. The van der Waals surface area contributed by atoms with Gasteiger partial charge in [-0.2, -0.15) is 0 Å². The molecular formula is C15H21N3O. The van der Waals surface area contributed by atoms with Crippen LogP contribution in [-0.4, -0.2) is 33.9 Å². The Balaban J connectivity index is 1.99. The number of hydrogen-bond donors (Lipinski definition) is 1. The highest BCUT2D eigenvalue weighted by Gasteiger charge is 2.25. The number of aromatic nitrogens is 2. The van der Waals surface area contributed by atoms with Crippen LogP contribution < -0.4 is 4.90 Å². The van der Waals surface area contributed by atoms with Gasteiger partial charge in [0.05, 0.1) is 11.0 Å². The number of aliphatic hydroxyl groups excluding tert-OH is 1. The van der Waals surface area contributed by atoms with Crippen LogP contribution >= 0.6 is 0 Å². The first-order chi connectivity index (χ1) is 9.31. The van der Waals surface area contributed by atoms with E-state index in [1.54, 1.807) is 0 Å². The summed E-state index contributed by atoms with van der Waals surface area (Å²) >= 11 is 0. The van der Waals surface area contributed by atoms with Crippen molar-refractivity contribution in [2.45, 2.75) is 31.7 Å². The molecule has 1 aliphatic heterocycles. The summed E-state index contributed by atoms with van der Waals surface area (Å²) in [5.41, 5.74) is 2.22. The Kier molecular flexibility index (Phi) is 3.42. The second kappa shape index (κ2) is 5.21. The lowest BCUT2D eigenvalue weighted by Gasteiger charge is -2.36. The zero-order valence-electron chi connectivity index (χ0n) is 11.4. The van der Waals surface area contributed by atoms with Crippen LogP contribution in [0.4, 0.5) is 5.95 Å². The van der Waals surface area contributed by atoms with E-state index in [2.05, 4.69) is 34.7 Å². The molecule has 102 valence electrons. The van der Waals surface area contributed by atoms with E-state index >= 15 is 0 Å². The SMILES string of the molecule is Cn1c(N2CCCCC2CCO)nc2ccccc21. The molecule has 4 nitrogen and oxygen atoms in total. The standard InChI is InChI=1S/C15H21N3O/c1-17-14-8-3-2-7-13(14)16-15(17)18-10-5-4-6-12(18)9-11-19/h2-3,7-8,12,19H,4-6,9-11H2,1H3. The highest BCUT2D eigenvalue weighted by Crippen LogP contribution is 2.28. The average Bonchev–Trinajstić information content (AvgIpc) is 2.78. The number of hydrogen-bond acceptors (Lipinski definition) is 3. The second-order valence-corrected chi connectivity index (χ2v) is 5.31. The van der Waals surface area contributed by atoms with Crippen LogP contribution in [0.5, 0.6) is 0 Å². The molecule has 0 radical (unpaired) electrons. The quantitative estimate of drug-likeness (QED) is 0.919. The van der Waals surface area contributed by atoms with E-state index in [1.165, 1.54) is 18.4 Å². The summed E-state index contributed by atoms with van der Waals surface area (Å²) in [5, 5.41) is 9.24. The Hall–Kier alpha value is -1.55. The smallest absolute Gasteiger partial charge is 0.206 e. The summed E-state index contributed by atoms with van der Waals surface area (Å²) in [6.07, 6.45) is 4.46. The maximum atomic E-state index is 9.24. The van der Waals surface area contributed by atoms with Crippen molar-refractivity contribution in [2.75, 3.05) is 18.1 Å². The fourth-order valence-corrected chi connectivity index (χ4v) is 3.10. The normalized spacial score (nSPS) is 20.1. The van der Waals surface area contributed by atoms with Crippen molar-refractivity contribution in [3.8, 4) is 0 Å². The minimum absolute atomic E-state index is 0.255. The van der Waals surface area contributed by atoms with Crippen molar-refractivity contribution in [2.24, 2.45) is 7.05 Å². The van der Waals surface area contributed by atoms with E-state index < -0.39 is 0 Å². The summed E-state index contributed by atoms with van der Waals surface area (Å²) in [5.74, 6) is 1.04. The molecule has 19 heavy (non-hydrogen) atoms. The fraction of sp³-hybridized carbons (Fsp3) is 0.533. The first-order valence-electron chi connectivity index (χ1n) is 7.10. The van der Waals surface area contributed by atoms with Gasteiger partial charge in [-0.3, -0.25) is 0 Å². The van der Waals surface area contributed by atoms with Gasteiger partial charge in [0, 0.05) is 26.2 Å². The van der Waals surface area contributed by atoms with E-state index in [0.717, 1.165) is 30.9 Å². The van der Waals surface area contributed by atoms with Crippen molar-refractivity contribution in [1.29, 1.82) is 0 Å². The summed E-state index contributed by atoms with van der Waals surface area (Å²) in [6.45, 7) is 1.30. The van der Waals surface area contributed by atoms with Crippen molar-refractivity contribution in [3.05, 3.63) is 24.3 Å². The van der Waals surface area contributed by atoms with Gasteiger partial charge in [0.25, 0.3) is 0 Å². The number of piperidine rings is 1. The molecule has 0 spiro atoms. The average molecular weight is 259 g/mol. The maximum absolute atomic E-state index is 9.24. The molecule has 0 amide bonds. The third-order valence-corrected chi connectivity index (χ3v) is 4.11. The highest BCUT2D eigenvalue weighted by atomic mass is 16.3. The van der Waals surface area contributed by atoms with Crippen molar-refractivity contribution in [3.63, 3.8) is 0 Å². The third kappa shape index (κ3) is 2.21. The molecule has 1 atom stereocenters. The minimum atomic E-state index is 0.255. The van der Waals surface area contributed by atoms with Crippen LogP contribution in [0.3, 0.4) is 0 Å². The van der Waals surface area contributed by atoms with Crippen LogP contribution in [0.25, 0.3) is 11.0 Å². The molecule has 1 fully saturated rings. The van der Waals surface area contributed by atoms with Gasteiger partial charge in [0.2, 0.25) is 5.95 Å². The molecule has 2 aromatic rings. The molecule has 3 rings (SSSR count). The zero-order valence-corrected chi connectivity index (χ0v) is 11.4. The molecule has 4 heteroatoms. The van der Waals surface area contributed by atoms with E-state index in [1.807, 2.05) is 6.07 Å². The minimum Gasteiger partial charge on any atom is -0.396 e. The molecule has 0 saturated carbocycles. The number of anilines is 1. The number of benzene rings is 1. The van der Waals surface area contributed by atoms with E-state index in [9.17, 15) is 5.11 Å². The number of aliphatic hydroxyl groups is 1. The van der Waals surface area contributed by atoms with Gasteiger partial charge in [-0.25, -0.2) is 4.98 Å². The van der Waals surface area contributed by atoms with Gasteiger partial charge < -0.3 is 14.6 Å². The maximum Gasteiger partial charge on any atom is 0.206 e. The lowest BCUT2D eigenvalue weighted by atomic mass is 10.0. The molecule has 1 aromatic carbocycles. The first-order valence-corrected chi connectivity index (χ1v) is 7.10. The number of aryl methyl sites for hydroxylation is 1. The Morgan fingerprint density at radius 2 is 2.16 bits per heavy atom. The molecule has 1 aromatic heterocycles. The lowest BCUT2D eigenvalue weighted by Crippen LogP contribution is -2.41. The van der Waals surface area contributed by atoms with Crippen LogP contribution in [0.15, 0.2) is 24.3 Å². The Morgan fingerprint density at radius 1 is 1.32 bits per heavy atom. The lowest BCUT2D eigenvalue weighted by molar-refractivity contribution is 0.261. The van der Waals surface area contributed by atoms with Gasteiger partial charge >= 0.3 is 0 Å². The monoisotopic (exact) mass is 259 g/mol. The Bertz CT molecular complexity index is 562.